The predicted octanol–water partition coefficient (Wildman–Crippen LogP) is 2.88. The lowest BCUT2D eigenvalue weighted by molar-refractivity contribution is 0.285. The normalized spacial score (nSPS) is 21.7. The number of nitrogens with zero attached hydrogens (tertiary/aromatic N) is 3. The van der Waals surface area contributed by atoms with Crippen molar-refractivity contribution in [3.05, 3.63) is 0 Å². The fourth-order valence-electron chi connectivity index (χ4n) is 2.95. The number of rotatable bonds is 6. The van der Waals surface area contributed by atoms with Crippen LogP contribution in [0.1, 0.15) is 40.5 Å². The predicted molar refractivity (Wildman–Crippen MR) is 110 cm³/mol. The molecular weight excluding hydrogens is 407 g/mol. The van der Waals surface area contributed by atoms with E-state index in [1.165, 1.54) is 18.6 Å². The van der Waals surface area contributed by atoms with Gasteiger partial charge in [0.15, 0.2) is 5.96 Å². The van der Waals surface area contributed by atoms with Crippen LogP contribution in [0.3, 0.4) is 0 Å². The summed E-state index contributed by atoms with van der Waals surface area (Å²) in [5, 5.41) is 3.47. The van der Waals surface area contributed by atoms with E-state index in [4.69, 9.17) is 4.99 Å². The Labute approximate surface area is 157 Å². The smallest absolute Gasteiger partial charge is 0.194 e. The van der Waals surface area contributed by atoms with Gasteiger partial charge in [0.2, 0.25) is 0 Å². The molecule has 1 aliphatic heterocycles. The molecule has 1 aliphatic carbocycles. The molecule has 1 N–H and O–H groups in total. The third-order valence-corrected chi connectivity index (χ3v) is 5.48. The van der Waals surface area contributed by atoms with Gasteiger partial charge in [-0.1, -0.05) is 6.92 Å². The van der Waals surface area contributed by atoms with E-state index in [1.807, 2.05) is 0 Å². The quantitative estimate of drug-likeness (QED) is 0.391. The highest BCUT2D eigenvalue weighted by Crippen LogP contribution is 2.29. The van der Waals surface area contributed by atoms with E-state index in [2.05, 4.69) is 54.6 Å². The van der Waals surface area contributed by atoms with Crippen molar-refractivity contribution >= 4 is 41.7 Å². The first-order valence-electron chi connectivity index (χ1n) is 8.47. The highest BCUT2D eigenvalue weighted by Gasteiger charge is 2.29. The molecule has 1 saturated carbocycles. The molecule has 2 aliphatic rings. The third kappa shape index (κ3) is 6.43. The van der Waals surface area contributed by atoms with Crippen molar-refractivity contribution < 1.29 is 0 Å². The van der Waals surface area contributed by atoms with E-state index in [0.717, 1.165) is 51.3 Å². The molecule has 0 aromatic rings. The molecule has 4 nitrogen and oxygen atoms in total. The second-order valence-electron chi connectivity index (χ2n) is 6.63. The molecule has 0 unspecified atom stereocenters. The van der Waals surface area contributed by atoms with Crippen LogP contribution in [0.4, 0.5) is 0 Å². The standard InChI is InChI=1S/C16H32N4S.HI/c1-5-17-15(20-11-12-21-16(3,4)13-20)18-9-10-19(6-2)14-7-8-14;/h14H,5-13H2,1-4H3,(H,17,18);1H. The van der Waals surface area contributed by atoms with Crippen LogP contribution in [0.15, 0.2) is 4.99 Å². The Morgan fingerprint density at radius 1 is 1.36 bits per heavy atom. The zero-order valence-corrected chi connectivity index (χ0v) is 17.7. The summed E-state index contributed by atoms with van der Waals surface area (Å²) < 4.78 is 0.331. The highest BCUT2D eigenvalue weighted by atomic mass is 127. The lowest BCUT2D eigenvalue weighted by Crippen LogP contribution is -2.51. The van der Waals surface area contributed by atoms with Gasteiger partial charge in [-0.25, -0.2) is 0 Å². The van der Waals surface area contributed by atoms with Crippen LogP contribution in [0.2, 0.25) is 0 Å². The number of hydrogen-bond donors (Lipinski definition) is 1. The second-order valence-corrected chi connectivity index (χ2v) is 8.43. The Bertz CT molecular complexity index is 358. The maximum Gasteiger partial charge on any atom is 0.194 e. The van der Waals surface area contributed by atoms with E-state index in [1.54, 1.807) is 0 Å². The van der Waals surface area contributed by atoms with Crippen molar-refractivity contribution in [2.45, 2.75) is 51.3 Å². The van der Waals surface area contributed by atoms with Gasteiger partial charge < -0.3 is 10.2 Å². The van der Waals surface area contributed by atoms with Crippen LogP contribution in [-0.4, -0.2) is 71.6 Å². The van der Waals surface area contributed by atoms with Gasteiger partial charge in [0.05, 0.1) is 6.54 Å². The molecule has 22 heavy (non-hydrogen) atoms. The molecule has 1 heterocycles. The molecule has 6 heteroatoms. The average Bonchev–Trinajstić information content (AvgIpc) is 3.26. The summed E-state index contributed by atoms with van der Waals surface area (Å²) in [5.74, 6) is 2.30. The highest BCUT2D eigenvalue weighted by molar-refractivity contribution is 14.0. The zero-order chi connectivity index (χ0) is 15.3. The summed E-state index contributed by atoms with van der Waals surface area (Å²) >= 11 is 2.07. The summed E-state index contributed by atoms with van der Waals surface area (Å²) in [6.07, 6.45) is 2.77. The second kappa shape index (κ2) is 9.57. The Morgan fingerprint density at radius 3 is 2.64 bits per heavy atom. The first-order valence-corrected chi connectivity index (χ1v) is 9.45. The summed E-state index contributed by atoms with van der Waals surface area (Å²) in [6, 6.07) is 0.845. The van der Waals surface area contributed by atoms with Gasteiger partial charge in [0.25, 0.3) is 0 Å². The Morgan fingerprint density at radius 2 is 2.09 bits per heavy atom. The number of hydrogen-bond acceptors (Lipinski definition) is 3. The van der Waals surface area contributed by atoms with Crippen molar-refractivity contribution in [2.75, 3.05) is 45.0 Å². The summed E-state index contributed by atoms with van der Waals surface area (Å²) in [4.78, 5) is 9.89. The van der Waals surface area contributed by atoms with Crippen LogP contribution >= 0.6 is 35.7 Å². The minimum absolute atomic E-state index is 0. The van der Waals surface area contributed by atoms with Gasteiger partial charge >= 0.3 is 0 Å². The zero-order valence-electron chi connectivity index (χ0n) is 14.6. The fourth-order valence-corrected chi connectivity index (χ4v) is 4.06. The Balaban J connectivity index is 0.00000242. The largest absolute Gasteiger partial charge is 0.357 e. The molecular formula is C16H33IN4S. The molecule has 0 atom stereocenters. The number of thioether (sulfide) groups is 1. The van der Waals surface area contributed by atoms with Crippen molar-refractivity contribution in [1.29, 1.82) is 0 Å². The van der Waals surface area contributed by atoms with E-state index >= 15 is 0 Å². The molecule has 2 fully saturated rings. The molecule has 0 bridgehead atoms. The van der Waals surface area contributed by atoms with Crippen molar-refractivity contribution in [3.63, 3.8) is 0 Å². The third-order valence-electron chi connectivity index (χ3n) is 4.18. The maximum atomic E-state index is 4.88. The molecule has 2 rings (SSSR count). The number of likely N-dealkylation sites (N-methyl/N-ethyl adjacent to an activating group) is 1. The summed E-state index contributed by atoms with van der Waals surface area (Å²) in [5.41, 5.74) is 0. The van der Waals surface area contributed by atoms with E-state index in [9.17, 15) is 0 Å². The van der Waals surface area contributed by atoms with Crippen LogP contribution in [0, 0.1) is 0 Å². The van der Waals surface area contributed by atoms with Crippen LogP contribution in [0.5, 0.6) is 0 Å². The van der Waals surface area contributed by atoms with E-state index in [0.29, 0.717) is 4.75 Å². The number of aliphatic imine (C=N–C) groups is 1. The number of guanidine groups is 1. The lowest BCUT2D eigenvalue weighted by atomic mass is 10.2. The van der Waals surface area contributed by atoms with Gasteiger partial charge in [-0.3, -0.25) is 9.89 Å². The Kier molecular flexibility index (Phi) is 8.85. The minimum atomic E-state index is 0. The number of nitrogens with one attached hydrogen (secondary N) is 1. The van der Waals surface area contributed by atoms with Gasteiger partial charge in [-0.15, -0.1) is 24.0 Å². The lowest BCUT2D eigenvalue weighted by Gasteiger charge is -2.39. The topological polar surface area (TPSA) is 30.9 Å². The van der Waals surface area contributed by atoms with Gasteiger partial charge in [-0.05, 0) is 40.2 Å². The first kappa shape index (κ1) is 20.4. The molecule has 130 valence electrons. The van der Waals surface area contributed by atoms with Crippen molar-refractivity contribution in [3.8, 4) is 0 Å². The molecule has 0 spiro atoms. The van der Waals surface area contributed by atoms with Gasteiger partial charge in [-0.2, -0.15) is 11.8 Å². The van der Waals surface area contributed by atoms with E-state index in [-0.39, 0.29) is 24.0 Å². The van der Waals surface area contributed by atoms with Gasteiger partial charge in [0.1, 0.15) is 0 Å². The number of halogens is 1. The van der Waals surface area contributed by atoms with Gasteiger partial charge in [0, 0.05) is 42.7 Å². The average molecular weight is 440 g/mol. The molecule has 1 saturated heterocycles. The summed E-state index contributed by atoms with van der Waals surface area (Å²) in [6.45, 7) is 15.4. The van der Waals surface area contributed by atoms with Crippen LogP contribution in [0.25, 0.3) is 0 Å². The molecule has 0 radical (unpaired) electrons. The van der Waals surface area contributed by atoms with Crippen LogP contribution in [-0.2, 0) is 0 Å². The SMILES string of the molecule is CCNC(=NCCN(CC)C1CC1)N1CCSC(C)(C)C1.I. The van der Waals surface area contributed by atoms with Crippen molar-refractivity contribution in [1.82, 2.24) is 15.1 Å². The first-order chi connectivity index (χ1) is 10.1. The van der Waals surface area contributed by atoms with Crippen molar-refractivity contribution in [2.24, 2.45) is 4.99 Å². The van der Waals surface area contributed by atoms with E-state index < -0.39 is 0 Å². The molecule has 0 amide bonds. The molecule has 0 aromatic heterocycles. The molecule has 0 aromatic carbocycles. The maximum absolute atomic E-state index is 4.88. The monoisotopic (exact) mass is 440 g/mol. The fraction of sp³-hybridized carbons (Fsp3) is 0.938. The minimum Gasteiger partial charge on any atom is -0.357 e. The summed E-state index contributed by atoms with van der Waals surface area (Å²) in [7, 11) is 0. The van der Waals surface area contributed by atoms with Crippen LogP contribution < -0.4 is 5.32 Å². The Hall–Kier alpha value is 0.310.